The summed E-state index contributed by atoms with van der Waals surface area (Å²) in [6.45, 7) is 5.37. The zero-order valence-corrected chi connectivity index (χ0v) is 15.3. The summed E-state index contributed by atoms with van der Waals surface area (Å²) in [5, 5.41) is 13.0. The topological polar surface area (TPSA) is 89.3 Å². The molecule has 136 valence electrons. The lowest BCUT2D eigenvalue weighted by molar-refractivity contribution is 0.0636. The molecule has 2 N–H and O–H groups in total. The van der Waals surface area contributed by atoms with Gasteiger partial charge in [0.2, 0.25) is 0 Å². The van der Waals surface area contributed by atoms with Crippen molar-refractivity contribution in [1.82, 2.24) is 14.5 Å². The number of ether oxygens (including phenoxy) is 1. The minimum Gasteiger partial charge on any atom is -0.444 e. The van der Waals surface area contributed by atoms with Crippen molar-refractivity contribution in [3.8, 4) is 11.3 Å². The number of hydrogen-bond donors (Lipinski definition) is 2. The Hall–Kier alpha value is -2.93. The molecular formula is C19H22N4O3. The van der Waals surface area contributed by atoms with Crippen LogP contribution >= 0.6 is 0 Å². The number of carbonyl (C=O) groups excluding carboxylic acids is 1. The fourth-order valence-corrected chi connectivity index (χ4v) is 2.69. The Labute approximate surface area is 151 Å². The van der Waals surface area contributed by atoms with Crippen LogP contribution in [0, 0.1) is 0 Å². The summed E-state index contributed by atoms with van der Waals surface area (Å²) in [6, 6.07) is 7.39. The third-order valence-corrected chi connectivity index (χ3v) is 3.88. The Bertz CT molecular complexity index is 940. The van der Waals surface area contributed by atoms with E-state index in [0.717, 1.165) is 28.0 Å². The van der Waals surface area contributed by atoms with Crippen LogP contribution in [0.5, 0.6) is 0 Å². The zero-order valence-electron chi connectivity index (χ0n) is 15.3. The molecule has 0 saturated carbocycles. The lowest BCUT2D eigenvalue weighted by Gasteiger charge is -2.19. The Balaban J connectivity index is 1.87. The summed E-state index contributed by atoms with van der Waals surface area (Å²) in [5.74, 6) is 0. The van der Waals surface area contributed by atoms with E-state index in [4.69, 9.17) is 4.74 Å². The van der Waals surface area contributed by atoms with Gasteiger partial charge in [0, 0.05) is 29.9 Å². The standard InChI is InChI=1S/C19H22N4O3/c1-19(2,3)26-18(25)22-12-5-6-16(21-10-12)14-7-8-20-17-15(14)9-13(11-24)23(17)4/h5-10,24H,11H2,1-4H3,(H,22,25). The second kappa shape index (κ2) is 6.76. The van der Waals surface area contributed by atoms with Gasteiger partial charge in [-0.3, -0.25) is 10.3 Å². The lowest BCUT2D eigenvalue weighted by atomic mass is 10.1. The smallest absolute Gasteiger partial charge is 0.412 e. The molecule has 0 radical (unpaired) electrons. The summed E-state index contributed by atoms with van der Waals surface area (Å²) >= 11 is 0. The van der Waals surface area contributed by atoms with Crippen molar-refractivity contribution in [3.05, 3.63) is 42.4 Å². The van der Waals surface area contributed by atoms with Gasteiger partial charge >= 0.3 is 6.09 Å². The molecule has 0 unspecified atom stereocenters. The number of pyridine rings is 2. The number of amides is 1. The molecule has 3 aromatic heterocycles. The van der Waals surface area contributed by atoms with Crippen molar-refractivity contribution in [2.45, 2.75) is 33.0 Å². The predicted octanol–water partition coefficient (Wildman–Crippen LogP) is 3.47. The van der Waals surface area contributed by atoms with Crippen molar-refractivity contribution in [2.75, 3.05) is 5.32 Å². The maximum Gasteiger partial charge on any atom is 0.412 e. The van der Waals surface area contributed by atoms with Crippen molar-refractivity contribution >= 4 is 22.8 Å². The van der Waals surface area contributed by atoms with E-state index in [-0.39, 0.29) is 6.61 Å². The monoisotopic (exact) mass is 354 g/mol. The van der Waals surface area contributed by atoms with Gasteiger partial charge < -0.3 is 14.4 Å². The van der Waals surface area contributed by atoms with Gasteiger partial charge in [-0.1, -0.05) is 0 Å². The highest BCUT2D eigenvalue weighted by atomic mass is 16.6. The van der Waals surface area contributed by atoms with E-state index in [1.165, 1.54) is 0 Å². The van der Waals surface area contributed by atoms with E-state index in [2.05, 4.69) is 15.3 Å². The number of fused-ring (bicyclic) bond motifs is 1. The number of nitrogens with one attached hydrogen (secondary N) is 1. The molecule has 7 heteroatoms. The molecule has 0 bridgehead atoms. The number of carbonyl (C=O) groups is 1. The summed E-state index contributed by atoms with van der Waals surface area (Å²) in [5.41, 5.74) is 3.22. The average molecular weight is 354 g/mol. The largest absolute Gasteiger partial charge is 0.444 e. The minimum atomic E-state index is -0.558. The SMILES string of the molecule is Cn1c(CO)cc2c(-c3ccc(NC(=O)OC(C)(C)C)cn3)ccnc21. The zero-order chi connectivity index (χ0) is 18.9. The average Bonchev–Trinajstić information content (AvgIpc) is 2.90. The Morgan fingerprint density at radius 3 is 2.65 bits per heavy atom. The fourth-order valence-electron chi connectivity index (χ4n) is 2.69. The number of hydrogen-bond acceptors (Lipinski definition) is 5. The Morgan fingerprint density at radius 1 is 1.27 bits per heavy atom. The lowest BCUT2D eigenvalue weighted by Crippen LogP contribution is -2.27. The van der Waals surface area contributed by atoms with Gasteiger partial charge in [-0.25, -0.2) is 9.78 Å². The number of aliphatic hydroxyl groups is 1. The molecule has 0 aliphatic heterocycles. The van der Waals surface area contributed by atoms with Gasteiger partial charge in [0.15, 0.2) is 0 Å². The first-order valence-corrected chi connectivity index (χ1v) is 8.29. The molecule has 1 amide bonds. The minimum absolute atomic E-state index is 0.0571. The third kappa shape index (κ3) is 3.67. The van der Waals surface area contributed by atoms with Crippen LogP contribution in [0.15, 0.2) is 36.7 Å². The van der Waals surface area contributed by atoms with Crippen molar-refractivity contribution in [2.24, 2.45) is 7.05 Å². The van der Waals surface area contributed by atoms with Crippen molar-refractivity contribution < 1.29 is 14.6 Å². The number of aliphatic hydroxyl groups excluding tert-OH is 1. The van der Waals surface area contributed by atoms with Crippen molar-refractivity contribution in [3.63, 3.8) is 0 Å². The van der Waals surface area contributed by atoms with E-state index in [1.54, 1.807) is 18.5 Å². The van der Waals surface area contributed by atoms with E-state index in [1.807, 2.05) is 50.6 Å². The summed E-state index contributed by atoms with van der Waals surface area (Å²) in [7, 11) is 1.87. The van der Waals surface area contributed by atoms with Crippen LogP contribution in [0.3, 0.4) is 0 Å². The Morgan fingerprint density at radius 2 is 2.04 bits per heavy atom. The molecule has 0 fully saturated rings. The predicted molar refractivity (Wildman–Crippen MR) is 99.7 cm³/mol. The number of aromatic nitrogens is 3. The second-order valence-electron chi connectivity index (χ2n) is 7.01. The van der Waals surface area contributed by atoms with Crippen molar-refractivity contribution in [1.29, 1.82) is 0 Å². The van der Waals surface area contributed by atoms with Gasteiger partial charge in [0.1, 0.15) is 11.2 Å². The van der Waals surface area contributed by atoms with Crippen LogP contribution in [0.25, 0.3) is 22.3 Å². The van der Waals surface area contributed by atoms with E-state index in [0.29, 0.717) is 5.69 Å². The Kier molecular flexibility index (Phi) is 4.65. The maximum absolute atomic E-state index is 11.8. The van der Waals surface area contributed by atoms with E-state index in [9.17, 15) is 9.90 Å². The molecule has 3 aromatic rings. The quantitative estimate of drug-likeness (QED) is 0.752. The summed E-state index contributed by atoms with van der Waals surface area (Å²) in [4.78, 5) is 20.7. The van der Waals surface area contributed by atoms with Crippen LogP contribution in [-0.2, 0) is 18.4 Å². The fraction of sp³-hybridized carbons (Fsp3) is 0.316. The normalized spacial score (nSPS) is 11.6. The molecule has 26 heavy (non-hydrogen) atoms. The number of nitrogens with zero attached hydrogens (tertiary/aromatic N) is 3. The number of rotatable bonds is 3. The summed E-state index contributed by atoms with van der Waals surface area (Å²) in [6.07, 6.45) is 2.78. The second-order valence-corrected chi connectivity index (χ2v) is 7.01. The van der Waals surface area contributed by atoms with Gasteiger partial charge in [-0.05, 0) is 45.0 Å². The first kappa shape index (κ1) is 17.9. The maximum atomic E-state index is 11.8. The van der Waals surface area contributed by atoms with Gasteiger partial charge in [0.05, 0.1) is 24.2 Å². The van der Waals surface area contributed by atoms with Gasteiger partial charge in [0.25, 0.3) is 0 Å². The van der Waals surface area contributed by atoms with Crippen LogP contribution in [-0.4, -0.2) is 31.3 Å². The molecule has 0 atom stereocenters. The van der Waals surface area contributed by atoms with Crippen LogP contribution in [0.1, 0.15) is 26.5 Å². The van der Waals surface area contributed by atoms with Crippen LogP contribution in [0.4, 0.5) is 10.5 Å². The highest BCUT2D eigenvalue weighted by Gasteiger charge is 2.16. The number of aryl methyl sites for hydroxylation is 1. The molecule has 0 spiro atoms. The molecular weight excluding hydrogens is 332 g/mol. The van der Waals surface area contributed by atoms with Crippen LogP contribution < -0.4 is 5.32 Å². The van der Waals surface area contributed by atoms with E-state index < -0.39 is 11.7 Å². The molecule has 3 rings (SSSR count). The third-order valence-electron chi connectivity index (χ3n) is 3.88. The van der Waals surface area contributed by atoms with Gasteiger partial charge in [-0.15, -0.1) is 0 Å². The molecule has 3 heterocycles. The molecule has 0 aliphatic rings. The highest BCUT2D eigenvalue weighted by Crippen LogP contribution is 2.28. The van der Waals surface area contributed by atoms with Crippen LogP contribution in [0.2, 0.25) is 0 Å². The molecule has 0 aromatic carbocycles. The highest BCUT2D eigenvalue weighted by molar-refractivity contribution is 5.93. The molecule has 0 saturated heterocycles. The molecule has 0 aliphatic carbocycles. The summed E-state index contributed by atoms with van der Waals surface area (Å²) < 4.78 is 7.09. The van der Waals surface area contributed by atoms with E-state index >= 15 is 0 Å². The first-order valence-electron chi connectivity index (χ1n) is 8.29. The van der Waals surface area contributed by atoms with Gasteiger partial charge in [-0.2, -0.15) is 0 Å². The first-order chi connectivity index (χ1) is 12.3. The molecule has 7 nitrogen and oxygen atoms in total. The number of anilines is 1.